The summed E-state index contributed by atoms with van der Waals surface area (Å²) in [5.41, 5.74) is 1.13. The first-order valence-corrected chi connectivity index (χ1v) is 9.27. The molecule has 1 aromatic carbocycles. The molecule has 1 aliphatic heterocycles. The van der Waals surface area contributed by atoms with E-state index >= 15 is 0 Å². The van der Waals surface area contributed by atoms with Crippen LogP contribution in [0.2, 0.25) is 0 Å². The van der Waals surface area contributed by atoms with Gasteiger partial charge in [-0.3, -0.25) is 9.69 Å². The molecule has 1 saturated heterocycles. The zero-order valence-corrected chi connectivity index (χ0v) is 15.0. The molecule has 2 aromatic rings. The van der Waals surface area contributed by atoms with Crippen LogP contribution < -0.4 is 10.2 Å². The zero-order chi connectivity index (χ0) is 16.9. The Labute approximate surface area is 147 Å². The van der Waals surface area contributed by atoms with E-state index < -0.39 is 0 Å². The minimum absolute atomic E-state index is 0.0257. The number of nitrogens with one attached hydrogen (secondary N) is 1. The molecule has 0 radical (unpaired) electrons. The lowest BCUT2D eigenvalue weighted by molar-refractivity contribution is -0.126. The average molecular weight is 344 g/mol. The first-order chi connectivity index (χ1) is 11.6. The number of benzene rings is 1. The van der Waals surface area contributed by atoms with Crippen LogP contribution in [0.4, 0.5) is 5.13 Å². The molecular weight excluding hydrogens is 320 g/mol. The molecule has 128 valence electrons. The van der Waals surface area contributed by atoms with Crippen molar-refractivity contribution in [2.24, 2.45) is 0 Å². The molecule has 0 saturated carbocycles. The van der Waals surface area contributed by atoms with E-state index in [0.29, 0.717) is 0 Å². The highest BCUT2D eigenvalue weighted by Crippen LogP contribution is 2.20. The summed E-state index contributed by atoms with van der Waals surface area (Å²) in [5.74, 6) is 0.0917. The Balaban J connectivity index is 1.51. The predicted octanol–water partition coefficient (Wildman–Crippen LogP) is 2.53. The number of carbonyl (C=O) groups excluding carboxylic acids is 1. The van der Waals surface area contributed by atoms with Gasteiger partial charge in [-0.15, -0.1) is 11.3 Å². The summed E-state index contributed by atoms with van der Waals surface area (Å²) in [6, 6.07) is 9.98. The van der Waals surface area contributed by atoms with Gasteiger partial charge in [0.1, 0.15) is 0 Å². The lowest BCUT2D eigenvalue weighted by Crippen LogP contribution is -2.54. The molecule has 0 bridgehead atoms. The van der Waals surface area contributed by atoms with Gasteiger partial charge in [-0.25, -0.2) is 4.98 Å². The minimum Gasteiger partial charge on any atom is -0.348 e. The number of amides is 1. The van der Waals surface area contributed by atoms with E-state index in [4.69, 9.17) is 0 Å². The molecule has 2 heterocycles. The van der Waals surface area contributed by atoms with Crippen LogP contribution in [0.5, 0.6) is 0 Å². The van der Waals surface area contributed by atoms with Crippen LogP contribution in [-0.4, -0.2) is 48.0 Å². The fourth-order valence-electron chi connectivity index (χ4n) is 3.00. The quantitative estimate of drug-likeness (QED) is 0.905. The second-order valence-electron chi connectivity index (χ2n) is 6.15. The van der Waals surface area contributed by atoms with Crippen LogP contribution in [0.15, 0.2) is 41.9 Å². The molecule has 1 aliphatic rings. The fourth-order valence-corrected chi connectivity index (χ4v) is 3.69. The van der Waals surface area contributed by atoms with Gasteiger partial charge in [0, 0.05) is 37.8 Å². The summed E-state index contributed by atoms with van der Waals surface area (Å²) in [4.78, 5) is 21.5. The minimum atomic E-state index is -0.116. The third-order valence-corrected chi connectivity index (χ3v) is 5.42. The SMILES string of the molecule is C[C@H](NC(=O)[C@@H](C)N1CCN(c2nccs2)CC1)c1ccccc1. The number of piperazine rings is 1. The fraction of sp³-hybridized carbons (Fsp3) is 0.444. The van der Waals surface area contributed by atoms with E-state index in [9.17, 15) is 4.79 Å². The Morgan fingerprint density at radius 2 is 1.88 bits per heavy atom. The smallest absolute Gasteiger partial charge is 0.237 e. The van der Waals surface area contributed by atoms with Crippen molar-refractivity contribution in [3.63, 3.8) is 0 Å². The van der Waals surface area contributed by atoms with Gasteiger partial charge in [0.25, 0.3) is 0 Å². The summed E-state index contributed by atoms with van der Waals surface area (Å²) in [6.45, 7) is 7.62. The van der Waals surface area contributed by atoms with E-state index in [1.54, 1.807) is 11.3 Å². The van der Waals surface area contributed by atoms with E-state index in [2.05, 4.69) is 20.1 Å². The molecular formula is C18H24N4OS. The number of thiazole rings is 1. The van der Waals surface area contributed by atoms with E-state index in [-0.39, 0.29) is 18.0 Å². The van der Waals surface area contributed by atoms with Crippen molar-refractivity contribution in [3.8, 4) is 0 Å². The summed E-state index contributed by atoms with van der Waals surface area (Å²) < 4.78 is 0. The van der Waals surface area contributed by atoms with Gasteiger partial charge in [0.2, 0.25) is 5.91 Å². The largest absolute Gasteiger partial charge is 0.348 e. The lowest BCUT2D eigenvalue weighted by atomic mass is 10.1. The highest BCUT2D eigenvalue weighted by molar-refractivity contribution is 7.13. The molecule has 1 fully saturated rings. The van der Waals surface area contributed by atoms with Crippen LogP contribution in [0.3, 0.4) is 0 Å². The second kappa shape index (κ2) is 7.77. The monoisotopic (exact) mass is 344 g/mol. The highest BCUT2D eigenvalue weighted by Gasteiger charge is 2.27. The molecule has 0 unspecified atom stereocenters. The summed E-state index contributed by atoms with van der Waals surface area (Å²) >= 11 is 1.67. The summed E-state index contributed by atoms with van der Waals surface area (Å²) in [5, 5.41) is 6.20. The van der Waals surface area contributed by atoms with E-state index in [1.165, 1.54) is 0 Å². The van der Waals surface area contributed by atoms with Crippen LogP contribution in [0, 0.1) is 0 Å². The Morgan fingerprint density at radius 1 is 1.17 bits per heavy atom. The summed E-state index contributed by atoms with van der Waals surface area (Å²) in [7, 11) is 0. The van der Waals surface area contributed by atoms with Crippen LogP contribution in [0.1, 0.15) is 25.5 Å². The van der Waals surface area contributed by atoms with Crippen molar-refractivity contribution in [1.29, 1.82) is 0 Å². The van der Waals surface area contributed by atoms with Crippen molar-refractivity contribution in [3.05, 3.63) is 47.5 Å². The van der Waals surface area contributed by atoms with Crippen LogP contribution in [0.25, 0.3) is 0 Å². The number of hydrogen-bond acceptors (Lipinski definition) is 5. The first kappa shape index (κ1) is 16.9. The molecule has 6 heteroatoms. The molecule has 1 aromatic heterocycles. The maximum absolute atomic E-state index is 12.6. The van der Waals surface area contributed by atoms with Gasteiger partial charge in [0.05, 0.1) is 12.1 Å². The van der Waals surface area contributed by atoms with Crippen molar-refractivity contribution in [2.45, 2.75) is 25.9 Å². The molecule has 0 spiro atoms. The normalized spacial score (nSPS) is 18.2. The van der Waals surface area contributed by atoms with Crippen molar-refractivity contribution >= 4 is 22.4 Å². The van der Waals surface area contributed by atoms with E-state index in [0.717, 1.165) is 36.9 Å². The van der Waals surface area contributed by atoms with Gasteiger partial charge in [-0.2, -0.15) is 0 Å². The number of hydrogen-bond donors (Lipinski definition) is 1. The molecule has 0 aliphatic carbocycles. The molecule has 1 amide bonds. The maximum Gasteiger partial charge on any atom is 0.237 e. The number of aromatic nitrogens is 1. The van der Waals surface area contributed by atoms with E-state index in [1.807, 2.05) is 55.8 Å². The standard InChI is InChI=1S/C18H24N4OS/c1-14(16-6-4-3-5-7-16)20-17(23)15(2)21-9-11-22(12-10-21)18-19-8-13-24-18/h3-8,13-15H,9-12H2,1-2H3,(H,20,23)/t14-,15+/m0/s1. The third-order valence-electron chi connectivity index (χ3n) is 4.59. The molecule has 24 heavy (non-hydrogen) atoms. The first-order valence-electron chi connectivity index (χ1n) is 8.39. The average Bonchev–Trinajstić information content (AvgIpc) is 3.16. The number of anilines is 1. The Hall–Kier alpha value is -1.92. The summed E-state index contributed by atoms with van der Waals surface area (Å²) in [6.07, 6.45) is 1.84. The predicted molar refractivity (Wildman–Crippen MR) is 98.4 cm³/mol. The highest BCUT2D eigenvalue weighted by atomic mass is 32.1. The molecule has 1 N–H and O–H groups in total. The molecule has 2 atom stereocenters. The number of rotatable bonds is 5. The van der Waals surface area contributed by atoms with Crippen LogP contribution in [-0.2, 0) is 4.79 Å². The van der Waals surface area contributed by atoms with Gasteiger partial charge < -0.3 is 10.2 Å². The van der Waals surface area contributed by atoms with Gasteiger partial charge >= 0.3 is 0 Å². The topological polar surface area (TPSA) is 48.5 Å². The second-order valence-corrected chi connectivity index (χ2v) is 7.03. The molecule has 5 nitrogen and oxygen atoms in total. The Bertz CT molecular complexity index is 638. The lowest BCUT2D eigenvalue weighted by Gasteiger charge is -2.37. The van der Waals surface area contributed by atoms with Crippen molar-refractivity contribution < 1.29 is 4.79 Å². The van der Waals surface area contributed by atoms with Crippen LogP contribution >= 0.6 is 11.3 Å². The Kier molecular flexibility index (Phi) is 5.48. The number of nitrogens with zero attached hydrogens (tertiary/aromatic N) is 3. The van der Waals surface area contributed by atoms with Gasteiger partial charge in [-0.05, 0) is 19.4 Å². The number of carbonyl (C=O) groups is 1. The third kappa shape index (κ3) is 3.94. The van der Waals surface area contributed by atoms with Gasteiger partial charge in [-0.1, -0.05) is 30.3 Å². The maximum atomic E-state index is 12.6. The zero-order valence-electron chi connectivity index (χ0n) is 14.2. The van der Waals surface area contributed by atoms with Crippen molar-refractivity contribution in [1.82, 2.24) is 15.2 Å². The Morgan fingerprint density at radius 3 is 2.50 bits per heavy atom. The van der Waals surface area contributed by atoms with Gasteiger partial charge in [0.15, 0.2) is 5.13 Å². The molecule has 3 rings (SSSR count). The van der Waals surface area contributed by atoms with Crippen molar-refractivity contribution in [2.75, 3.05) is 31.1 Å².